The molecule has 2 rings (SSSR count). The Bertz CT molecular complexity index is 1080. The normalized spacial score (nSPS) is 29.0. The first-order valence-electron chi connectivity index (χ1n) is 13.2. The maximum absolute atomic E-state index is 12.3. The molecule has 0 aromatic carbocycles. The van der Waals surface area contributed by atoms with E-state index < -0.39 is 96.7 Å². The molecular formula is C27H39NO14. The molecule has 2 aliphatic rings. The highest BCUT2D eigenvalue weighted by atomic mass is 16.7. The largest absolute Gasteiger partial charge is 0.463 e. The van der Waals surface area contributed by atoms with E-state index in [1.54, 1.807) is 20.8 Å². The molecule has 15 heteroatoms. The van der Waals surface area contributed by atoms with Crippen LogP contribution in [0.1, 0.15) is 55.4 Å². The number of hydrogen-bond acceptors (Lipinski definition) is 15. The highest BCUT2D eigenvalue weighted by Gasteiger charge is 2.54. The first-order valence-corrected chi connectivity index (χ1v) is 13.2. The summed E-state index contributed by atoms with van der Waals surface area (Å²) in [5.74, 6) is -4.33. The molecule has 0 bridgehead atoms. The Balaban J connectivity index is 2.46. The van der Waals surface area contributed by atoms with Crippen LogP contribution in [-0.4, -0.2) is 103 Å². The van der Waals surface area contributed by atoms with Gasteiger partial charge in [-0.25, -0.2) is 0 Å². The highest BCUT2D eigenvalue weighted by molar-refractivity contribution is 5.75. The molecule has 236 valence electrons. The van der Waals surface area contributed by atoms with Crippen molar-refractivity contribution in [1.82, 2.24) is 5.32 Å². The second-order valence-corrected chi connectivity index (χ2v) is 10.9. The first kappa shape index (κ1) is 34.6. The van der Waals surface area contributed by atoms with E-state index in [1.807, 2.05) is 0 Å². The van der Waals surface area contributed by atoms with Crippen LogP contribution in [0.5, 0.6) is 0 Å². The molecule has 1 aliphatic carbocycles. The zero-order valence-electron chi connectivity index (χ0n) is 24.9. The van der Waals surface area contributed by atoms with E-state index in [2.05, 4.69) is 5.32 Å². The lowest BCUT2D eigenvalue weighted by atomic mass is 9.96. The average Bonchev–Trinajstić information content (AvgIpc) is 3.11. The van der Waals surface area contributed by atoms with Gasteiger partial charge < -0.3 is 38.3 Å². The van der Waals surface area contributed by atoms with E-state index in [-0.39, 0.29) is 12.2 Å². The highest BCUT2D eigenvalue weighted by Crippen LogP contribution is 2.31. The maximum Gasteiger partial charge on any atom is 0.311 e. The van der Waals surface area contributed by atoms with Crippen molar-refractivity contribution >= 4 is 35.8 Å². The van der Waals surface area contributed by atoms with E-state index >= 15 is 0 Å². The lowest BCUT2D eigenvalue weighted by Gasteiger charge is -2.45. The van der Waals surface area contributed by atoms with Crippen LogP contribution >= 0.6 is 0 Å². The average molecular weight is 602 g/mol. The van der Waals surface area contributed by atoms with Gasteiger partial charge in [0.15, 0.2) is 24.5 Å². The molecule has 1 heterocycles. The molecule has 15 nitrogen and oxygen atoms in total. The maximum atomic E-state index is 12.3. The Hall–Kier alpha value is -3.56. The zero-order valence-corrected chi connectivity index (χ0v) is 24.9. The number of rotatable bonds is 10. The van der Waals surface area contributed by atoms with Crippen LogP contribution in [0, 0.1) is 5.41 Å². The Morgan fingerprint density at radius 3 is 1.81 bits per heavy atom. The molecule has 1 aliphatic heterocycles. The summed E-state index contributed by atoms with van der Waals surface area (Å²) < 4.78 is 38.0. The summed E-state index contributed by atoms with van der Waals surface area (Å²) in [5, 5.41) is 14.1. The number of ether oxygens (including phenoxy) is 7. The van der Waals surface area contributed by atoms with Crippen LogP contribution in [0.15, 0.2) is 11.6 Å². The van der Waals surface area contributed by atoms with Crippen LogP contribution < -0.4 is 5.32 Å². The summed E-state index contributed by atoms with van der Waals surface area (Å²) in [7, 11) is 0. The third-order valence-corrected chi connectivity index (χ3v) is 6.08. The molecule has 0 radical (unpaired) electrons. The van der Waals surface area contributed by atoms with Gasteiger partial charge in [0.1, 0.15) is 25.4 Å². The minimum absolute atomic E-state index is 0.210. The molecular weight excluding hydrogens is 562 g/mol. The topological polar surface area (TPSA) is 199 Å². The predicted octanol–water partition coefficient (Wildman–Crippen LogP) is -0.150. The molecule has 1 saturated heterocycles. The molecule has 0 spiro atoms. The number of carbonyl (C=O) groups excluding carboxylic acids is 6. The van der Waals surface area contributed by atoms with Crippen molar-refractivity contribution in [3.63, 3.8) is 0 Å². The van der Waals surface area contributed by atoms with Crippen LogP contribution in [0.3, 0.4) is 0 Å². The van der Waals surface area contributed by atoms with Gasteiger partial charge in [-0.05, 0) is 32.4 Å². The predicted molar refractivity (Wildman–Crippen MR) is 139 cm³/mol. The lowest BCUT2D eigenvalue weighted by Crippen LogP contribution is -2.68. The van der Waals surface area contributed by atoms with Crippen LogP contribution in [0.4, 0.5) is 0 Å². The summed E-state index contributed by atoms with van der Waals surface area (Å²) >= 11 is 0. The van der Waals surface area contributed by atoms with Gasteiger partial charge in [0.2, 0.25) is 0 Å². The Labute approximate surface area is 243 Å². The van der Waals surface area contributed by atoms with Gasteiger partial charge in [-0.15, -0.1) is 0 Å². The van der Waals surface area contributed by atoms with Crippen molar-refractivity contribution < 1.29 is 67.0 Å². The fourth-order valence-electron chi connectivity index (χ4n) is 4.36. The molecule has 1 fully saturated rings. The fourth-order valence-corrected chi connectivity index (χ4v) is 4.36. The summed E-state index contributed by atoms with van der Waals surface area (Å²) in [6, 6.07) is -1.14. The molecule has 2 N–H and O–H groups in total. The van der Waals surface area contributed by atoms with Crippen LogP contribution in [0.2, 0.25) is 0 Å². The Morgan fingerprint density at radius 2 is 1.31 bits per heavy atom. The van der Waals surface area contributed by atoms with Crippen molar-refractivity contribution in [2.24, 2.45) is 5.41 Å². The van der Waals surface area contributed by atoms with E-state index in [4.69, 9.17) is 33.2 Å². The van der Waals surface area contributed by atoms with Crippen molar-refractivity contribution in [3.8, 4) is 0 Å². The third kappa shape index (κ3) is 9.77. The van der Waals surface area contributed by atoms with Crippen molar-refractivity contribution in [3.05, 3.63) is 11.6 Å². The third-order valence-electron chi connectivity index (χ3n) is 6.08. The SMILES string of the molecule is CC(=O)OC[C@H]1O[C@H](N[C@@H]2[C@@H](OC(C)=O)C=C(COC(=O)C(C)(C)C)[C@H]2O)[C@H](OC(C)=O)[C@@H](OC(C)=O)[C@@H]1OC(C)=O. The van der Waals surface area contributed by atoms with Gasteiger partial charge in [-0.2, -0.15) is 0 Å². The molecule has 0 unspecified atom stereocenters. The molecule has 8 atom stereocenters. The standard InChI is InChI=1S/C27H39NO14/c1-12(29)36-11-19-22(39-14(3)31)23(40-15(4)32)24(41-16(5)33)25(42-19)28-20-18(38-13(2)30)9-17(21(20)34)10-37-26(35)27(6,7)8/h9,18-25,28,34H,10-11H2,1-8H3/t18-,19+,20+,21+,22+,23-,24+,25-/m0/s1. The molecule has 0 aromatic heterocycles. The summed E-state index contributed by atoms with van der Waals surface area (Å²) in [5.41, 5.74) is -0.604. The van der Waals surface area contributed by atoms with E-state index in [0.717, 1.165) is 34.6 Å². The fraction of sp³-hybridized carbons (Fsp3) is 0.704. The zero-order chi connectivity index (χ0) is 31.9. The van der Waals surface area contributed by atoms with Gasteiger partial charge >= 0.3 is 35.8 Å². The smallest absolute Gasteiger partial charge is 0.311 e. The Kier molecular flexibility index (Phi) is 12.0. The van der Waals surface area contributed by atoms with E-state index in [9.17, 15) is 33.9 Å². The minimum Gasteiger partial charge on any atom is -0.463 e. The number of aliphatic hydroxyl groups is 1. The number of aliphatic hydroxyl groups excluding tert-OH is 1. The van der Waals surface area contributed by atoms with Gasteiger partial charge in [-0.1, -0.05) is 0 Å². The molecule has 0 aromatic rings. The minimum atomic E-state index is -1.46. The second-order valence-electron chi connectivity index (χ2n) is 10.9. The van der Waals surface area contributed by atoms with Gasteiger partial charge in [0.05, 0.1) is 17.6 Å². The van der Waals surface area contributed by atoms with Crippen LogP contribution in [0.25, 0.3) is 0 Å². The lowest BCUT2D eigenvalue weighted by molar-refractivity contribution is -0.260. The number of hydrogen-bond donors (Lipinski definition) is 2. The number of esters is 6. The van der Waals surface area contributed by atoms with Gasteiger partial charge in [0, 0.05) is 34.6 Å². The number of carbonyl (C=O) groups is 6. The van der Waals surface area contributed by atoms with Crippen molar-refractivity contribution in [1.29, 1.82) is 0 Å². The van der Waals surface area contributed by atoms with Crippen molar-refractivity contribution in [2.45, 2.75) is 104 Å². The van der Waals surface area contributed by atoms with Gasteiger partial charge in [-0.3, -0.25) is 34.1 Å². The van der Waals surface area contributed by atoms with Gasteiger partial charge in [0.25, 0.3) is 0 Å². The van der Waals surface area contributed by atoms with E-state index in [0.29, 0.717) is 0 Å². The molecule has 0 amide bonds. The monoisotopic (exact) mass is 601 g/mol. The van der Waals surface area contributed by atoms with E-state index in [1.165, 1.54) is 6.08 Å². The quantitative estimate of drug-likeness (QED) is 0.190. The molecule has 0 saturated carbocycles. The summed E-state index contributed by atoms with van der Waals surface area (Å²) in [4.78, 5) is 71.8. The summed E-state index contributed by atoms with van der Waals surface area (Å²) in [6.07, 6.45) is -8.01. The van der Waals surface area contributed by atoms with Crippen LogP contribution in [-0.2, 0) is 61.9 Å². The number of nitrogens with one attached hydrogen (secondary N) is 1. The second kappa shape index (κ2) is 14.6. The summed E-state index contributed by atoms with van der Waals surface area (Å²) in [6.45, 7) is 9.77. The molecule has 42 heavy (non-hydrogen) atoms. The first-order chi connectivity index (χ1) is 19.4. The Morgan fingerprint density at radius 1 is 0.786 bits per heavy atom. The van der Waals surface area contributed by atoms with Crippen molar-refractivity contribution in [2.75, 3.05) is 13.2 Å².